The standard InChI is InChI=1S/C26H42N2O4/c1-19(9-6-7-14-31-18-20(2)32-26(3,4)5)15-21-16-22-10-12-28(11-8-13-29)24(22)23(17-21)25(27)30/h16-19,29H,6-15H2,1-5H3,(H2,27,30). The fourth-order valence-electron chi connectivity index (χ4n) is 4.35. The van der Waals surface area contributed by atoms with Crippen molar-refractivity contribution in [3.05, 3.63) is 40.8 Å². The second-order valence-electron chi connectivity index (χ2n) is 9.95. The predicted octanol–water partition coefficient (Wildman–Crippen LogP) is 4.57. The number of ether oxygens (including phenoxy) is 2. The third kappa shape index (κ3) is 8.38. The molecule has 0 bridgehead atoms. The number of nitrogens with two attached hydrogens (primary N) is 1. The van der Waals surface area contributed by atoms with E-state index in [9.17, 15) is 4.79 Å². The number of carbonyl (C=O) groups is 1. The van der Waals surface area contributed by atoms with Crippen LogP contribution in [-0.4, -0.2) is 42.9 Å². The van der Waals surface area contributed by atoms with Crippen molar-refractivity contribution < 1.29 is 19.4 Å². The molecule has 32 heavy (non-hydrogen) atoms. The maximum atomic E-state index is 12.1. The zero-order valence-corrected chi connectivity index (χ0v) is 20.6. The van der Waals surface area contributed by atoms with Crippen LogP contribution in [0, 0.1) is 5.92 Å². The van der Waals surface area contributed by atoms with E-state index in [1.54, 1.807) is 6.26 Å². The monoisotopic (exact) mass is 446 g/mol. The molecule has 0 radical (unpaired) electrons. The summed E-state index contributed by atoms with van der Waals surface area (Å²) >= 11 is 0. The Bertz CT molecular complexity index is 783. The van der Waals surface area contributed by atoms with E-state index in [0.29, 0.717) is 24.5 Å². The number of rotatable bonds is 13. The van der Waals surface area contributed by atoms with Gasteiger partial charge in [-0.15, -0.1) is 0 Å². The molecule has 0 saturated carbocycles. The number of aliphatic hydroxyl groups excluding tert-OH is 1. The maximum absolute atomic E-state index is 12.1. The minimum atomic E-state index is -0.373. The normalized spacial score (nSPS) is 14.9. The number of unbranched alkanes of at least 4 members (excludes halogenated alkanes) is 1. The Morgan fingerprint density at radius 2 is 2.03 bits per heavy atom. The van der Waals surface area contributed by atoms with Crippen LogP contribution in [0.5, 0.6) is 0 Å². The first kappa shape index (κ1) is 26.0. The van der Waals surface area contributed by atoms with E-state index in [1.807, 2.05) is 33.8 Å². The predicted molar refractivity (Wildman–Crippen MR) is 130 cm³/mol. The number of primary amides is 1. The lowest BCUT2D eigenvalue weighted by molar-refractivity contribution is 0.0449. The van der Waals surface area contributed by atoms with Crippen molar-refractivity contribution in [1.29, 1.82) is 0 Å². The average Bonchev–Trinajstić information content (AvgIpc) is 3.09. The summed E-state index contributed by atoms with van der Waals surface area (Å²) in [6.45, 7) is 12.7. The number of allylic oxidation sites excluding steroid dienone is 1. The number of nitrogens with zero attached hydrogens (tertiary/aromatic N) is 1. The van der Waals surface area contributed by atoms with E-state index in [1.165, 1.54) is 11.1 Å². The molecule has 2 rings (SSSR count). The Kier molecular flexibility index (Phi) is 9.88. The molecule has 0 aliphatic carbocycles. The summed E-state index contributed by atoms with van der Waals surface area (Å²) in [7, 11) is 0. The van der Waals surface area contributed by atoms with Crippen LogP contribution in [0.15, 0.2) is 24.2 Å². The van der Waals surface area contributed by atoms with E-state index < -0.39 is 0 Å². The van der Waals surface area contributed by atoms with Gasteiger partial charge in [0.1, 0.15) is 17.6 Å². The summed E-state index contributed by atoms with van der Waals surface area (Å²) < 4.78 is 11.3. The number of hydrogen-bond donors (Lipinski definition) is 2. The topological polar surface area (TPSA) is 85.0 Å². The van der Waals surface area contributed by atoms with Crippen LogP contribution in [-0.2, 0) is 22.3 Å². The molecule has 0 aromatic heterocycles. The van der Waals surface area contributed by atoms with Gasteiger partial charge in [0, 0.05) is 19.7 Å². The van der Waals surface area contributed by atoms with Crippen molar-refractivity contribution >= 4 is 11.6 Å². The summed E-state index contributed by atoms with van der Waals surface area (Å²) in [6, 6.07) is 4.21. The van der Waals surface area contributed by atoms with E-state index in [2.05, 4.69) is 17.9 Å². The molecule has 1 unspecified atom stereocenters. The van der Waals surface area contributed by atoms with Crippen LogP contribution >= 0.6 is 0 Å². The maximum Gasteiger partial charge on any atom is 0.250 e. The number of amides is 1. The first-order chi connectivity index (χ1) is 15.1. The van der Waals surface area contributed by atoms with Crippen LogP contribution < -0.4 is 10.6 Å². The van der Waals surface area contributed by atoms with Crippen LogP contribution in [0.3, 0.4) is 0 Å². The summed E-state index contributed by atoms with van der Waals surface area (Å²) in [5.74, 6) is 0.937. The van der Waals surface area contributed by atoms with Crippen molar-refractivity contribution in [2.24, 2.45) is 11.7 Å². The van der Waals surface area contributed by atoms with Crippen molar-refractivity contribution in [2.45, 2.75) is 78.7 Å². The van der Waals surface area contributed by atoms with Crippen LogP contribution in [0.1, 0.15) is 81.8 Å². The Morgan fingerprint density at radius 1 is 1.28 bits per heavy atom. The number of carbonyl (C=O) groups excluding carboxylic acids is 1. The van der Waals surface area contributed by atoms with Gasteiger partial charge in [0.15, 0.2) is 0 Å². The molecule has 1 aromatic carbocycles. The molecule has 1 aliphatic rings. The van der Waals surface area contributed by atoms with E-state index in [0.717, 1.165) is 56.6 Å². The van der Waals surface area contributed by atoms with Gasteiger partial charge in [-0.1, -0.05) is 19.4 Å². The first-order valence-electron chi connectivity index (χ1n) is 11.9. The van der Waals surface area contributed by atoms with Gasteiger partial charge >= 0.3 is 0 Å². The summed E-state index contributed by atoms with van der Waals surface area (Å²) in [6.07, 6.45) is 7.45. The van der Waals surface area contributed by atoms with Gasteiger partial charge < -0.3 is 25.2 Å². The van der Waals surface area contributed by atoms with Gasteiger partial charge in [-0.25, -0.2) is 0 Å². The molecule has 3 N–H and O–H groups in total. The van der Waals surface area contributed by atoms with Gasteiger partial charge in [0.2, 0.25) is 0 Å². The minimum Gasteiger partial charge on any atom is -0.498 e. The SMILES string of the molecule is CC(=COCCCCC(C)Cc1cc2c(c(C(N)=O)c1)N(CCCO)CC2)OC(C)(C)C. The molecular formula is C26H42N2O4. The summed E-state index contributed by atoms with van der Waals surface area (Å²) in [4.78, 5) is 14.3. The highest BCUT2D eigenvalue weighted by Crippen LogP contribution is 2.34. The summed E-state index contributed by atoms with van der Waals surface area (Å²) in [5, 5.41) is 9.15. The second kappa shape index (κ2) is 12.1. The molecule has 1 amide bonds. The minimum absolute atomic E-state index is 0.152. The molecular weight excluding hydrogens is 404 g/mol. The third-order valence-electron chi connectivity index (χ3n) is 5.58. The zero-order chi connectivity index (χ0) is 23.7. The fraction of sp³-hybridized carbons (Fsp3) is 0.654. The van der Waals surface area contributed by atoms with E-state index >= 15 is 0 Å². The molecule has 1 aliphatic heterocycles. The van der Waals surface area contributed by atoms with Crippen molar-refractivity contribution in [2.75, 3.05) is 31.2 Å². The lowest BCUT2D eigenvalue weighted by atomic mass is 9.92. The number of hydrogen-bond acceptors (Lipinski definition) is 5. The van der Waals surface area contributed by atoms with Crippen LogP contribution in [0.4, 0.5) is 5.69 Å². The molecule has 0 fully saturated rings. The Morgan fingerprint density at radius 3 is 2.69 bits per heavy atom. The number of anilines is 1. The number of benzene rings is 1. The highest BCUT2D eigenvalue weighted by molar-refractivity contribution is 6.00. The molecule has 0 saturated heterocycles. The molecule has 6 nitrogen and oxygen atoms in total. The van der Waals surface area contributed by atoms with Gasteiger partial charge in [0.05, 0.1) is 17.9 Å². The van der Waals surface area contributed by atoms with Crippen LogP contribution in [0.25, 0.3) is 0 Å². The van der Waals surface area contributed by atoms with Gasteiger partial charge in [-0.3, -0.25) is 4.79 Å². The molecule has 6 heteroatoms. The van der Waals surface area contributed by atoms with E-state index in [4.69, 9.17) is 20.3 Å². The largest absolute Gasteiger partial charge is 0.498 e. The van der Waals surface area contributed by atoms with Crippen molar-refractivity contribution in [1.82, 2.24) is 0 Å². The average molecular weight is 447 g/mol. The van der Waals surface area contributed by atoms with Crippen molar-refractivity contribution in [3.63, 3.8) is 0 Å². The third-order valence-corrected chi connectivity index (χ3v) is 5.58. The lowest BCUT2D eigenvalue weighted by Gasteiger charge is -2.22. The smallest absolute Gasteiger partial charge is 0.250 e. The van der Waals surface area contributed by atoms with Gasteiger partial charge in [0.25, 0.3) is 5.91 Å². The van der Waals surface area contributed by atoms with Crippen molar-refractivity contribution in [3.8, 4) is 0 Å². The molecule has 0 spiro atoms. The molecule has 1 aromatic rings. The highest BCUT2D eigenvalue weighted by atomic mass is 16.5. The molecule has 180 valence electrons. The van der Waals surface area contributed by atoms with E-state index in [-0.39, 0.29) is 18.1 Å². The molecule has 1 atom stereocenters. The van der Waals surface area contributed by atoms with Gasteiger partial charge in [-0.05, 0) is 82.9 Å². The first-order valence-corrected chi connectivity index (χ1v) is 11.9. The lowest BCUT2D eigenvalue weighted by Crippen LogP contribution is -2.25. The van der Waals surface area contributed by atoms with Crippen LogP contribution in [0.2, 0.25) is 0 Å². The fourth-order valence-corrected chi connectivity index (χ4v) is 4.35. The molecule has 1 heterocycles. The summed E-state index contributed by atoms with van der Waals surface area (Å²) in [5.41, 5.74) is 9.49. The Hall–Kier alpha value is -2.21. The number of fused-ring (bicyclic) bond motifs is 1. The Balaban J connectivity index is 1.83. The quantitative estimate of drug-likeness (QED) is 0.342. The highest BCUT2D eigenvalue weighted by Gasteiger charge is 2.25. The second-order valence-corrected chi connectivity index (χ2v) is 9.95. The Labute approximate surface area is 193 Å². The zero-order valence-electron chi connectivity index (χ0n) is 20.6. The number of aliphatic hydroxyl groups is 1. The van der Waals surface area contributed by atoms with Gasteiger partial charge in [-0.2, -0.15) is 0 Å².